The molecular weight excluding hydrogens is 346 g/mol. The number of carbonyl (C=O) groups excluding carboxylic acids is 3. The Morgan fingerprint density at radius 2 is 1.89 bits per heavy atom. The predicted molar refractivity (Wildman–Crippen MR) is 101 cm³/mol. The standard InChI is InChI=1S/C19H21N5O3/c25-17(13-10-16(21-12-13)18(26)23-7-1-2-8-23)22-14-4-3-5-15(11-14)24-9-6-20-19(24)27/h3-5,10-12,21H,1-2,6-9H2,(H,20,27)(H,22,25). The lowest BCUT2D eigenvalue weighted by molar-refractivity contribution is 0.0787. The van der Waals surface area contributed by atoms with E-state index in [-0.39, 0.29) is 17.8 Å². The monoisotopic (exact) mass is 367 g/mol. The first-order valence-electron chi connectivity index (χ1n) is 9.06. The van der Waals surface area contributed by atoms with Gasteiger partial charge in [0.05, 0.1) is 5.56 Å². The summed E-state index contributed by atoms with van der Waals surface area (Å²) in [7, 11) is 0. The first kappa shape index (κ1) is 17.1. The number of carbonyl (C=O) groups is 3. The van der Waals surface area contributed by atoms with E-state index < -0.39 is 0 Å². The molecule has 2 fully saturated rings. The number of H-pyrrole nitrogens is 1. The lowest BCUT2D eigenvalue weighted by Crippen LogP contribution is -2.27. The molecule has 4 rings (SSSR count). The maximum atomic E-state index is 12.5. The molecule has 27 heavy (non-hydrogen) atoms. The summed E-state index contributed by atoms with van der Waals surface area (Å²) in [5, 5.41) is 5.57. The van der Waals surface area contributed by atoms with Crippen molar-refractivity contribution >= 4 is 29.2 Å². The van der Waals surface area contributed by atoms with Crippen molar-refractivity contribution in [3.63, 3.8) is 0 Å². The summed E-state index contributed by atoms with van der Waals surface area (Å²) in [4.78, 5) is 43.0. The number of aromatic nitrogens is 1. The van der Waals surface area contributed by atoms with Gasteiger partial charge in [-0.15, -0.1) is 0 Å². The third-order valence-corrected chi connectivity index (χ3v) is 4.84. The highest BCUT2D eigenvalue weighted by atomic mass is 16.2. The number of amides is 4. The fourth-order valence-electron chi connectivity index (χ4n) is 3.41. The molecule has 0 aliphatic carbocycles. The van der Waals surface area contributed by atoms with Gasteiger partial charge in [-0.2, -0.15) is 0 Å². The van der Waals surface area contributed by atoms with Crippen molar-refractivity contribution in [3.05, 3.63) is 47.8 Å². The van der Waals surface area contributed by atoms with Crippen LogP contribution in [0.4, 0.5) is 16.2 Å². The van der Waals surface area contributed by atoms with E-state index in [2.05, 4.69) is 15.6 Å². The van der Waals surface area contributed by atoms with Crippen molar-refractivity contribution in [2.24, 2.45) is 0 Å². The largest absolute Gasteiger partial charge is 0.356 e. The molecule has 0 bridgehead atoms. The minimum Gasteiger partial charge on any atom is -0.356 e. The third kappa shape index (κ3) is 3.51. The summed E-state index contributed by atoms with van der Waals surface area (Å²) in [5.41, 5.74) is 2.12. The van der Waals surface area contributed by atoms with Gasteiger partial charge in [0, 0.05) is 43.8 Å². The minimum atomic E-state index is -0.310. The summed E-state index contributed by atoms with van der Waals surface area (Å²) in [6.07, 6.45) is 3.58. The second kappa shape index (κ2) is 7.14. The van der Waals surface area contributed by atoms with E-state index in [1.54, 1.807) is 34.1 Å². The number of benzene rings is 1. The van der Waals surface area contributed by atoms with Gasteiger partial charge in [-0.05, 0) is 37.1 Å². The molecule has 0 spiro atoms. The van der Waals surface area contributed by atoms with Crippen LogP contribution in [0.3, 0.4) is 0 Å². The third-order valence-electron chi connectivity index (χ3n) is 4.84. The molecule has 1 aromatic carbocycles. The van der Waals surface area contributed by atoms with Gasteiger partial charge in [-0.25, -0.2) is 4.79 Å². The molecule has 0 atom stereocenters. The first-order chi connectivity index (χ1) is 13.1. The predicted octanol–water partition coefficient (Wildman–Crippen LogP) is 2.03. The molecule has 0 saturated carbocycles. The van der Waals surface area contributed by atoms with E-state index in [1.807, 2.05) is 6.07 Å². The summed E-state index contributed by atoms with van der Waals surface area (Å²) in [6, 6.07) is 8.56. The van der Waals surface area contributed by atoms with Crippen LogP contribution < -0.4 is 15.5 Å². The van der Waals surface area contributed by atoms with Gasteiger partial charge in [0.15, 0.2) is 0 Å². The number of likely N-dealkylation sites (tertiary alicyclic amines) is 1. The minimum absolute atomic E-state index is 0.0754. The second-order valence-corrected chi connectivity index (χ2v) is 6.69. The Bertz CT molecular complexity index is 885. The van der Waals surface area contributed by atoms with Crippen molar-refractivity contribution in [2.45, 2.75) is 12.8 Å². The van der Waals surface area contributed by atoms with E-state index in [4.69, 9.17) is 0 Å². The van der Waals surface area contributed by atoms with Crippen molar-refractivity contribution in [1.29, 1.82) is 0 Å². The van der Waals surface area contributed by atoms with Crippen LogP contribution in [0.5, 0.6) is 0 Å². The highest BCUT2D eigenvalue weighted by Crippen LogP contribution is 2.22. The Balaban J connectivity index is 1.45. The van der Waals surface area contributed by atoms with E-state index in [1.165, 1.54) is 6.20 Å². The Hall–Kier alpha value is -3.29. The Kier molecular flexibility index (Phi) is 4.53. The highest BCUT2D eigenvalue weighted by Gasteiger charge is 2.23. The van der Waals surface area contributed by atoms with Crippen LogP contribution in [0, 0.1) is 0 Å². The van der Waals surface area contributed by atoms with E-state index in [9.17, 15) is 14.4 Å². The molecule has 0 radical (unpaired) electrons. The van der Waals surface area contributed by atoms with Gasteiger partial charge in [0.2, 0.25) is 0 Å². The zero-order chi connectivity index (χ0) is 18.8. The number of rotatable bonds is 4. The average molecular weight is 367 g/mol. The number of hydrogen-bond donors (Lipinski definition) is 3. The normalized spacial score (nSPS) is 16.5. The highest BCUT2D eigenvalue weighted by molar-refractivity contribution is 6.06. The molecular formula is C19H21N5O3. The number of anilines is 2. The fourth-order valence-corrected chi connectivity index (χ4v) is 3.41. The van der Waals surface area contributed by atoms with Crippen molar-refractivity contribution in [2.75, 3.05) is 36.4 Å². The quantitative estimate of drug-likeness (QED) is 0.771. The molecule has 3 heterocycles. The van der Waals surface area contributed by atoms with E-state index in [0.29, 0.717) is 30.0 Å². The lowest BCUT2D eigenvalue weighted by atomic mass is 10.2. The van der Waals surface area contributed by atoms with Gasteiger partial charge in [0.25, 0.3) is 11.8 Å². The molecule has 2 aliphatic rings. The van der Waals surface area contributed by atoms with Crippen LogP contribution in [-0.4, -0.2) is 53.9 Å². The molecule has 8 nitrogen and oxygen atoms in total. The van der Waals surface area contributed by atoms with E-state index >= 15 is 0 Å². The van der Waals surface area contributed by atoms with Crippen LogP contribution in [0.15, 0.2) is 36.5 Å². The summed E-state index contributed by atoms with van der Waals surface area (Å²) >= 11 is 0. The van der Waals surface area contributed by atoms with Crippen molar-refractivity contribution in [3.8, 4) is 0 Å². The Morgan fingerprint density at radius 3 is 2.63 bits per heavy atom. The van der Waals surface area contributed by atoms with Gasteiger partial charge in [-0.1, -0.05) is 6.07 Å². The molecule has 2 aliphatic heterocycles. The summed E-state index contributed by atoms with van der Waals surface area (Å²) in [5.74, 6) is -0.386. The molecule has 4 amide bonds. The zero-order valence-electron chi connectivity index (χ0n) is 14.8. The lowest BCUT2D eigenvalue weighted by Gasteiger charge is -2.15. The summed E-state index contributed by atoms with van der Waals surface area (Å²) < 4.78 is 0. The average Bonchev–Trinajstić information content (AvgIpc) is 3.42. The number of aromatic amines is 1. The van der Waals surface area contributed by atoms with Crippen LogP contribution in [-0.2, 0) is 0 Å². The summed E-state index contributed by atoms with van der Waals surface area (Å²) in [6.45, 7) is 2.72. The number of hydrogen-bond acceptors (Lipinski definition) is 3. The second-order valence-electron chi connectivity index (χ2n) is 6.69. The van der Waals surface area contributed by atoms with Gasteiger partial charge < -0.3 is 20.5 Å². The molecule has 2 aromatic rings. The maximum absolute atomic E-state index is 12.5. The Morgan fingerprint density at radius 1 is 1.07 bits per heavy atom. The van der Waals surface area contributed by atoms with Crippen LogP contribution >= 0.6 is 0 Å². The molecule has 0 unspecified atom stereocenters. The van der Waals surface area contributed by atoms with Crippen LogP contribution in [0.25, 0.3) is 0 Å². The Labute approximate surface area is 156 Å². The SMILES string of the molecule is O=C(Nc1cccc(N2CCNC2=O)c1)c1c[nH]c(C(=O)N2CCCC2)c1. The molecule has 140 valence electrons. The topological polar surface area (TPSA) is 97.5 Å². The first-order valence-corrected chi connectivity index (χ1v) is 9.06. The van der Waals surface area contributed by atoms with Gasteiger partial charge in [-0.3, -0.25) is 14.5 Å². The molecule has 2 saturated heterocycles. The molecule has 1 aromatic heterocycles. The van der Waals surface area contributed by atoms with Crippen molar-refractivity contribution < 1.29 is 14.4 Å². The number of nitrogens with zero attached hydrogens (tertiary/aromatic N) is 2. The number of urea groups is 1. The smallest absolute Gasteiger partial charge is 0.321 e. The van der Waals surface area contributed by atoms with E-state index in [0.717, 1.165) is 31.6 Å². The van der Waals surface area contributed by atoms with Gasteiger partial charge >= 0.3 is 6.03 Å². The zero-order valence-corrected chi connectivity index (χ0v) is 14.8. The number of nitrogens with one attached hydrogen (secondary N) is 3. The molecule has 8 heteroatoms. The van der Waals surface area contributed by atoms with Crippen LogP contribution in [0.2, 0.25) is 0 Å². The molecule has 3 N–H and O–H groups in total. The maximum Gasteiger partial charge on any atom is 0.321 e. The van der Waals surface area contributed by atoms with Gasteiger partial charge in [0.1, 0.15) is 5.69 Å². The fraction of sp³-hybridized carbons (Fsp3) is 0.316. The van der Waals surface area contributed by atoms with Crippen LogP contribution in [0.1, 0.15) is 33.7 Å². The van der Waals surface area contributed by atoms with Crippen molar-refractivity contribution in [1.82, 2.24) is 15.2 Å².